The van der Waals surface area contributed by atoms with Crippen LogP contribution in [0.1, 0.15) is 32.1 Å². The highest BCUT2D eigenvalue weighted by Gasteiger charge is 2.28. The number of rotatable bonds is 1. The predicted molar refractivity (Wildman–Crippen MR) is 56.1 cm³/mol. The lowest BCUT2D eigenvalue weighted by Gasteiger charge is -2.39. The SMILES string of the molecule is CN1CCN(C2CCCCC2)C(=O)C1. The summed E-state index contributed by atoms with van der Waals surface area (Å²) in [5.41, 5.74) is 0. The minimum absolute atomic E-state index is 0.339. The van der Waals surface area contributed by atoms with Gasteiger partial charge in [0.15, 0.2) is 0 Å². The monoisotopic (exact) mass is 196 g/mol. The molecule has 2 fully saturated rings. The van der Waals surface area contributed by atoms with Crippen molar-refractivity contribution < 1.29 is 4.79 Å². The second-order valence-corrected chi connectivity index (χ2v) is 4.62. The molecule has 1 aliphatic carbocycles. The van der Waals surface area contributed by atoms with Crippen molar-refractivity contribution in [1.29, 1.82) is 0 Å². The lowest BCUT2D eigenvalue weighted by molar-refractivity contribution is -0.138. The largest absolute Gasteiger partial charge is 0.337 e. The number of hydrogen-bond donors (Lipinski definition) is 0. The fourth-order valence-electron chi connectivity index (χ4n) is 2.58. The van der Waals surface area contributed by atoms with Crippen molar-refractivity contribution in [3.63, 3.8) is 0 Å². The Kier molecular flexibility index (Phi) is 3.06. The number of carbonyl (C=O) groups is 1. The molecular formula is C11H20N2O. The first kappa shape index (κ1) is 9.97. The lowest BCUT2D eigenvalue weighted by Crippen LogP contribution is -2.53. The Morgan fingerprint density at radius 3 is 2.50 bits per heavy atom. The van der Waals surface area contributed by atoms with Gasteiger partial charge in [-0.15, -0.1) is 0 Å². The van der Waals surface area contributed by atoms with Crippen LogP contribution in [-0.4, -0.2) is 48.4 Å². The van der Waals surface area contributed by atoms with Crippen molar-refractivity contribution in [3.05, 3.63) is 0 Å². The van der Waals surface area contributed by atoms with E-state index in [2.05, 4.69) is 9.80 Å². The van der Waals surface area contributed by atoms with E-state index in [9.17, 15) is 4.79 Å². The van der Waals surface area contributed by atoms with Gasteiger partial charge in [0.05, 0.1) is 6.54 Å². The lowest BCUT2D eigenvalue weighted by atomic mass is 9.94. The molecule has 1 heterocycles. The Balaban J connectivity index is 1.92. The van der Waals surface area contributed by atoms with Crippen LogP contribution in [0.3, 0.4) is 0 Å². The Morgan fingerprint density at radius 2 is 1.86 bits per heavy atom. The van der Waals surface area contributed by atoms with Gasteiger partial charge in [-0.25, -0.2) is 0 Å². The van der Waals surface area contributed by atoms with Gasteiger partial charge in [0, 0.05) is 19.1 Å². The van der Waals surface area contributed by atoms with Gasteiger partial charge < -0.3 is 4.90 Å². The topological polar surface area (TPSA) is 23.6 Å². The van der Waals surface area contributed by atoms with Crippen molar-refractivity contribution in [2.75, 3.05) is 26.7 Å². The van der Waals surface area contributed by atoms with E-state index in [1.54, 1.807) is 0 Å². The van der Waals surface area contributed by atoms with Crippen LogP contribution < -0.4 is 0 Å². The van der Waals surface area contributed by atoms with Crippen LogP contribution in [-0.2, 0) is 4.79 Å². The minimum atomic E-state index is 0.339. The zero-order valence-electron chi connectivity index (χ0n) is 9.04. The minimum Gasteiger partial charge on any atom is -0.337 e. The van der Waals surface area contributed by atoms with Gasteiger partial charge in [-0.2, -0.15) is 0 Å². The second kappa shape index (κ2) is 4.30. The zero-order chi connectivity index (χ0) is 9.97. The number of piperazine rings is 1. The molecular weight excluding hydrogens is 176 g/mol. The van der Waals surface area contributed by atoms with Gasteiger partial charge in [-0.05, 0) is 19.9 Å². The normalized spacial score (nSPS) is 26.9. The van der Waals surface area contributed by atoms with Crippen LogP contribution in [0.15, 0.2) is 0 Å². The fourth-order valence-corrected chi connectivity index (χ4v) is 2.58. The van der Waals surface area contributed by atoms with Gasteiger partial charge in [0.1, 0.15) is 0 Å². The average Bonchev–Trinajstić information content (AvgIpc) is 2.19. The standard InChI is InChI=1S/C11H20N2O/c1-12-7-8-13(11(14)9-12)10-5-3-2-4-6-10/h10H,2-9H2,1H3. The highest BCUT2D eigenvalue weighted by molar-refractivity contribution is 5.79. The van der Waals surface area contributed by atoms with E-state index in [4.69, 9.17) is 0 Å². The van der Waals surface area contributed by atoms with Crippen molar-refractivity contribution in [2.24, 2.45) is 0 Å². The van der Waals surface area contributed by atoms with E-state index in [-0.39, 0.29) is 0 Å². The molecule has 3 nitrogen and oxygen atoms in total. The van der Waals surface area contributed by atoms with Crippen LogP contribution in [0.25, 0.3) is 0 Å². The molecule has 0 atom stereocenters. The molecule has 0 radical (unpaired) electrons. The molecule has 0 unspecified atom stereocenters. The van der Waals surface area contributed by atoms with Gasteiger partial charge in [0.25, 0.3) is 0 Å². The third kappa shape index (κ3) is 2.08. The van der Waals surface area contributed by atoms with Crippen molar-refractivity contribution >= 4 is 5.91 Å². The van der Waals surface area contributed by atoms with E-state index in [0.717, 1.165) is 13.1 Å². The molecule has 0 bridgehead atoms. The average molecular weight is 196 g/mol. The van der Waals surface area contributed by atoms with E-state index < -0.39 is 0 Å². The molecule has 1 saturated heterocycles. The third-order valence-corrected chi connectivity index (χ3v) is 3.46. The number of carbonyl (C=O) groups excluding carboxylic acids is 1. The van der Waals surface area contributed by atoms with Crippen molar-refractivity contribution in [3.8, 4) is 0 Å². The Bertz CT molecular complexity index is 211. The van der Waals surface area contributed by atoms with E-state index in [0.29, 0.717) is 18.5 Å². The van der Waals surface area contributed by atoms with Crippen LogP contribution >= 0.6 is 0 Å². The summed E-state index contributed by atoms with van der Waals surface area (Å²) in [6.07, 6.45) is 6.44. The second-order valence-electron chi connectivity index (χ2n) is 4.62. The molecule has 0 aromatic carbocycles. The maximum absolute atomic E-state index is 11.8. The predicted octanol–water partition coefficient (Wildman–Crippen LogP) is 1.09. The summed E-state index contributed by atoms with van der Waals surface area (Å²) in [4.78, 5) is 16.0. The van der Waals surface area contributed by atoms with Gasteiger partial charge >= 0.3 is 0 Å². The van der Waals surface area contributed by atoms with E-state index >= 15 is 0 Å². The van der Waals surface area contributed by atoms with Crippen LogP contribution in [0.5, 0.6) is 0 Å². The molecule has 2 rings (SSSR count). The zero-order valence-corrected chi connectivity index (χ0v) is 9.04. The van der Waals surface area contributed by atoms with Gasteiger partial charge in [0.2, 0.25) is 5.91 Å². The Labute approximate surface area is 86.1 Å². The molecule has 3 heteroatoms. The molecule has 2 aliphatic rings. The number of amides is 1. The number of hydrogen-bond acceptors (Lipinski definition) is 2. The number of likely N-dealkylation sites (N-methyl/N-ethyl adjacent to an activating group) is 1. The van der Waals surface area contributed by atoms with Gasteiger partial charge in [-0.3, -0.25) is 9.69 Å². The molecule has 1 aliphatic heterocycles. The summed E-state index contributed by atoms with van der Waals surface area (Å²) in [5.74, 6) is 0.339. The first-order valence-electron chi connectivity index (χ1n) is 5.75. The number of nitrogens with zero attached hydrogens (tertiary/aromatic N) is 2. The molecule has 14 heavy (non-hydrogen) atoms. The molecule has 0 spiro atoms. The van der Waals surface area contributed by atoms with Crippen LogP contribution in [0, 0.1) is 0 Å². The summed E-state index contributed by atoms with van der Waals surface area (Å²) >= 11 is 0. The maximum Gasteiger partial charge on any atom is 0.237 e. The highest BCUT2D eigenvalue weighted by Crippen LogP contribution is 2.23. The first-order valence-corrected chi connectivity index (χ1v) is 5.75. The van der Waals surface area contributed by atoms with Crippen molar-refractivity contribution in [2.45, 2.75) is 38.1 Å². The molecule has 1 saturated carbocycles. The van der Waals surface area contributed by atoms with Crippen LogP contribution in [0.4, 0.5) is 0 Å². The summed E-state index contributed by atoms with van der Waals surface area (Å²) < 4.78 is 0. The molecule has 0 aromatic heterocycles. The van der Waals surface area contributed by atoms with E-state index in [1.807, 2.05) is 7.05 Å². The highest BCUT2D eigenvalue weighted by atomic mass is 16.2. The summed E-state index contributed by atoms with van der Waals surface area (Å²) in [5, 5.41) is 0. The maximum atomic E-state index is 11.8. The van der Waals surface area contributed by atoms with Gasteiger partial charge in [-0.1, -0.05) is 19.3 Å². The first-order chi connectivity index (χ1) is 6.77. The summed E-state index contributed by atoms with van der Waals surface area (Å²) in [6.45, 7) is 2.61. The molecule has 80 valence electrons. The molecule has 0 N–H and O–H groups in total. The van der Waals surface area contributed by atoms with Crippen molar-refractivity contribution in [1.82, 2.24) is 9.80 Å². The Morgan fingerprint density at radius 1 is 1.14 bits per heavy atom. The quantitative estimate of drug-likeness (QED) is 0.627. The van der Waals surface area contributed by atoms with Crippen LogP contribution in [0.2, 0.25) is 0 Å². The molecule has 1 amide bonds. The summed E-state index contributed by atoms with van der Waals surface area (Å²) in [6, 6.07) is 0.560. The van der Waals surface area contributed by atoms with E-state index in [1.165, 1.54) is 32.1 Å². The molecule has 0 aromatic rings. The third-order valence-electron chi connectivity index (χ3n) is 3.46. The Hall–Kier alpha value is -0.570. The fraction of sp³-hybridized carbons (Fsp3) is 0.909. The smallest absolute Gasteiger partial charge is 0.237 e. The summed E-state index contributed by atoms with van der Waals surface area (Å²) in [7, 11) is 2.02.